The van der Waals surface area contributed by atoms with Crippen LogP contribution in [0.15, 0.2) is 47.3 Å². The third-order valence-corrected chi connectivity index (χ3v) is 5.28. The zero-order chi connectivity index (χ0) is 21.6. The van der Waals surface area contributed by atoms with Gasteiger partial charge in [0.15, 0.2) is 0 Å². The number of nitrogens with one attached hydrogen (secondary N) is 1. The van der Waals surface area contributed by atoms with Gasteiger partial charge in [-0.25, -0.2) is 17.6 Å². The van der Waals surface area contributed by atoms with Crippen molar-refractivity contribution < 1.29 is 32.3 Å². The molecule has 0 aliphatic carbocycles. The molecule has 6 nitrogen and oxygen atoms in total. The van der Waals surface area contributed by atoms with E-state index >= 15 is 0 Å². The number of allylic oxidation sites excluding steroid dienone is 1. The summed E-state index contributed by atoms with van der Waals surface area (Å²) in [6.45, 7) is -0.176. The topological polar surface area (TPSA) is 72.9 Å². The Bertz CT molecular complexity index is 1010. The summed E-state index contributed by atoms with van der Waals surface area (Å²) in [7, 11) is 0. The van der Waals surface area contributed by atoms with Crippen LogP contribution in [0.2, 0.25) is 0 Å². The molecule has 0 aromatic heterocycles. The van der Waals surface area contributed by atoms with Gasteiger partial charge in [0.1, 0.15) is 40.8 Å². The molecule has 10 heteroatoms. The molecule has 0 saturated carbocycles. The van der Waals surface area contributed by atoms with E-state index in [-0.39, 0.29) is 24.2 Å². The first-order chi connectivity index (χ1) is 14.3. The predicted octanol–water partition coefficient (Wildman–Crippen LogP) is 2.55. The van der Waals surface area contributed by atoms with E-state index in [0.29, 0.717) is 25.1 Å². The molecule has 1 fully saturated rings. The molecule has 2 bridgehead atoms. The summed E-state index contributed by atoms with van der Waals surface area (Å²) >= 11 is 0. The number of hydrogen-bond donors (Lipinski definition) is 2. The van der Waals surface area contributed by atoms with Crippen molar-refractivity contribution in [3.8, 4) is 0 Å². The van der Waals surface area contributed by atoms with Crippen LogP contribution in [0.3, 0.4) is 0 Å². The van der Waals surface area contributed by atoms with Crippen LogP contribution < -0.4 is 5.32 Å². The van der Waals surface area contributed by atoms with Gasteiger partial charge in [-0.05, 0) is 12.5 Å². The first-order valence-electron chi connectivity index (χ1n) is 9.24. The highest BCUT2D eigenvalue weighted by Crippen LogP contribution is 2.35. The molecule has 30 heavy (non-hydrogen) atoms. The van der Waals surface area contributed by atoms with Gasteiger partial charge < -0.3 is 20.2 Å². The molecule has 1 atom stereocenters. The lowest BCUT2D eigenvalue weighted by Gasteiger charge is -2.42. The van der Waals surface area contributed by atoms with Crippen LogP contribution in [-0.4, -0.2) is 45.9 Å². The van der Waals surface area contributed by atoms with Crippen LogP contribution in [-0.2, 0) is 16.1 Å². The summed E-state index contributed by atoms with van der Waals surface area (Å²) in [5.74, 6) is -5.49. The number of piperazine rings is 1. The molecule has 1 aromatic rings. The minimum atomic E-state index is -1.15. The monoisotopic (exact) mass is 423 g/mol. The lowest BCUT2D eigenvalue weighted by Crippen LogP contribution is -2.54. The maximum atomic E-state index is 14.5. The number of aliphatic hydroxyl groups is 1. The van der Waals surface area contributed by atoms with Crippen molar-refractivity contribution >= 4 is 11.8 Å². The summed E-state index contributed by atoms with van der Waals surface area (Å²) in [6, 6.07) is 0.118. The highest BCUT2D eigenvalue weighted by atomic mass is 19.1. The van der Waals surface area contributed by atoms with E-state index in [4.69, 9.17) is 0 Å². The number of aliphatic hydroxyl groups excluding tert-OH is 1. The molecule has 0 radical (unpaired) electrons. The molecule has 3 aliphatic heterocycles. The van der Waals surface area contributed by atoms with Crippen molar-refractivity contribution in [3.63, 3.8) is 0 Å². The van der Waals surface area contributed by atoms with Crippen molar-refractivity contribution in [1.29, 1.82) is 0 Å². The number of amides is 2. The normalized spacial score (nSPS) is 21.1. The van der Waals surface area contributed by atoms with Crippen molar-refractivity contribution in [1.82, 2.24) is 15.1 Å². The third kappa shape index (κ3) is 3.42. The fraction of sp³-hybridized carbons (Fsp3) is 0.300. The fourth-order valence-electron chi connectivity index (χ4n) is 3.77. The van der Waals surface area contributed by atoms with Crippen LogP contribution in [0.5, 0.6) is 0 Å². The number of halogens is 4. The second-order valence-corrected chi connectivity index (χ2v) is 7.21. The Kier molecular flexibility index (Phi) is 5.00. The summed E-state index contributed by atoms with van der Waals surface area (Å²) in [4.78, 5) is 27.8. The highest BCUT2D eigenvalue weighted by molar-refractivity contribution is 5.98. The number of benzene rings is 1. The van der Waals surface area contributed by atoms with Crippen LogP contribution in [0, 0.1) is 17.5 Å². The molecule has 1 saturated heterocycles. The van der Waals surface area contributed by atoms with Gasteiger partial charge in [-0.1, -0.05) is 0 Å². The average molecular weight is 423 g/mol. The number of fused-ring (bicyclic) bond motifs is 4. The molecule has 2 amide bonds. The lowest BCUT2D eigenvalue weighted by atomic mass is 10.00. The van der Waals surface area contributed by atoms with E-state index in [1.165, 1.54) is 22.1 Å². The third-order valence-electron chi connectivity index (χ3n) is 5.28. The van der Waals surface area contributed by atoms with Crippen molar-refractivity contribution in [3.05, 3.63) is 70.3 Å². The van der Waals surface area contributed by atoms with E-state index in [2.05, 4.69) is 5.32 Å². The number of rotatable bonds is 3. The Morgan fingerprint density at radius 1 is 1.20 bits per heavy atom. The van der Waals surface area contributed by atoms with Crippen LogP contribution >= 0.6 is 0 Å². The molecule has 0 spiro atoms. The summed E-state index contributed by atoms with van der Waals surface area (Å²) in [5.41, 5.74) is -0.635. The Hall–Kier alpha value is -3.30. The summed E-state index contributed by atoms with van der Waals surface area (Å²) in [6.07, 6.45) is 2.66. The zero-order valence-corrected chi connectivity index (χ0v) is 15.6. The van der Waals surface area contributed by atoms with E-state index in [0.717, 1.165) is 0 Å². The first-order valence-corrected chi connectivity index (χ1v) is 9.24. The van der Waals surface area contributed by atoms with Crippen LogP contribution in [0.25, 0.3) is 0 Å². The summed E-state index contributed by atoms with van der Waals surface area (Å²) in [5, 5.41) is 12.7. The molecule has 1 aromatic carbocycles. The Morgan fingerprint density at radius 3 is 2.60 bits per heavy atom. The number of nitrogens with zero attached hydrogens (tertiary/aromatic N) is 2. The Balaban J connectivity index is 1.57. The number of carbonyl (C=O) groups is 2. The second kappa shape index (κ2) is 7.51. The van der Waals surface area contributed by atoms with Crippen molar-refractivity contribution in [2.75, 3.05) is 13.1 Å². The highest BCUT2D eigenvalue weighted by Gasteiger charge is 2.42. The van der Waals surface area contributed by atoms with Gasteiger partial charge in [0.05, 0.1) is 0 Å². The average Bonchev–Trinajstić information content (AvgIpc) is 2.84. The lowest BCUT2D eigenvalue weighted by molar-refractivity contribution is -0.132. The van der Waals surface area contributed by atoms with Gasteiger partial charge in [0, 0.05) is 55.5 Å². The van der Waals surface area contributed by atoms with Gasteiger partial charge in [-0.2, -0.15) is 0 Å². The first kappa shape index (κ1) is 20.0. The molecular weight excluding hydrogens is 406 g/mol. The molecule has 3 heterocycles. The minimum Gasteiger partial charge on any atom is -0.510 e. The number of carbonyl (C=O) groups excluding carboxylic acids is 2. The number of hydrogen-bond acceptors (Lipinski definition) is 4. The minimum absolute atomic E-state index is 0.0162. The van der Waals surface area contributed by atoms with Gasteiger partial charge >= 0.3 is 0 Å². The molecular formula is C20H17F4N3O3. The van der Waals surface area contributed by atoms with Crippen LogP contribution in [0.4, 0.5) is 17.6 Å². The zero-order valence-electron chi connectivity index (χ0n) is 15.6. The maximum absolute atomic E-state index is 14.5. The molecule has 2 N–H and O–H groups in total. The largest absolute Gasteiger partial charge is 0.510 e. The van der Waals surface area contributed by atoms with Crippen molar-refractivity contribution in [2.24, 2.45) is 0 Å². The standard InChI is InChI=1S/C20H17F4N3O3/c21-11-5-14(23)12(15(24)6-11)7-25-19(29)10-4-17(28)18-20(30)26-3-1-2-13(22)16(9-26)27(18)8-10/h2,5-6,8,16,28H,1,3-4,7,9H2,(H,25,29)/t16-/m1/s1. The summed E-state index contributed by atoms with van der Waals surface area (Å²) < 4.78 is 55.0. The molecule has 4 rings (SSSR count). The van der Waals surface area contributed by atoms with Crippen molar-refractivity contribution in [2.45, 2.75) is 25.4 Å². The van der Waals surface area contributed by atoms with Gasteiger partial charge in [-0.15, -0.1) is 0 Å². The molecule has 158 valence electrons. The van der Waals surface area contributed by atoms with Gasteiger partial charge in [0.25, 0.3) is 5.91 Å². The molecule has 3 aliphatic rings. The SMILES string of the molecule is O=C(NCc1c(F)cc(F)cc1F)C1=CN2C(=C(O)C1)C(=O)N1CCC=C(F)[C@H]2C1. The fourth-order valence-corrected chi connectivity index (χ4v) is 3.77. The smallest absolute Gasteiger partial charge is 0.274 e. The quantitative estimate of drug-likeness (QED) is 0.733. The maximum Gasteiger partial charge on any atom is 0.274 e. The van der Waals surface area contributed by atoms with E-state index < -0.39 is 59.0 Å². The van der Waals surface area contributed by atoms with E-state index in [1.54, 1.807) is 0 Å². The Morgan fingerprint density at radius 2 is 1.90 bits per heavy atom. The second-order valence-electron chi connectivity index (χ2n) is 7.21. The van der Waals surface area contributed by atoms with E-state index in [9.17, 15) is 32.3 Å². The molecule has 0 unspecified atom stereocenters. The van der Waals surface area contributed by atoms with Gasteiger partial charge in [-0.3, -0.25) is 9.59 Å². The van der Waals surface area contributed by atoms with Crippen LogP contribution in [0.1, 0.15) is 18.4 Å². The van der Waals surface area contributed by atoms with E-state index in [1.807, 2.05) is 0 Å². The predicted molar refractivity (Wildman–Crippen MR) is 96.5 cm³/mol. The Labute approximate surface area is 168 Å². The van der Waals surface area contributed by atoms with Gasteiger partial charge in [0.2, 0.25) is 5.91 Å².